The minimum atomic E-state index is -3.35. The fourth-order valence-electron chi connectivity index (χ4n) is 1.30. The molecule has 0 amide bonds. The molecule has 0 atom stereocenters. The zero-order chi connectivity index (χ0) is 13.6. The summed E-state index contributed by atoms with van der Waals surface area (Å²) in [6.07, 6.45) is 0. The quantitative estimate of drug-likeness (QED) is 0.793. The second-order valence-electron chi connectivity index (χ2n) is 3.64. The molecule has 100 valence electrons. The summed E-state index contributed by atoms with van der Waals surface area (Å²) in [7, 11) is -3.35. The number of thioether (sulfide) groups is 2. The topological polar surface area (TPSA) is 34.1 Å². The Morgan fingerprint density at radius 3 is 2.28 bits per heavy atom. The standard InChI is InChI=1S/C13H18O2S3/c1-4-16-10-13(17-5-2)18(14,15)12-8-6-11(3)7-9-12/h6-10H,4-5H2,1-3H3/b13-10+. The van der Waals surface area contributed by atoms with E-state index in [2.05, 4.69) is 0 Å². The highest BCUT2D eigenvalue weighted by Crippen LogP contribution is 2.30. The smallest absolute Gasteiger partial charge is 0.213 e. The van der Waals surface area contributed by atoms with Crippen LogP contribution >= 0.6 is 23.5 Å². The first-order valence-electron chi connectivity index (χ1n) is 5.78. The lowest BCUT2D eigenvalue weighted by molar-refractivity contribution is 0.604. The van der Waals surface area contributed by atoms with E-state index >= 15 is 0 Å². The lowest BCUT2D eigenvalue weighted by atomic mass is 10.2. The highest BCUT2D eigenvalue weighted by Gasteiger charge is 2.20. The van der Waals surface area contributed by atoms with Gasteiger partial charge in [-0.1, -0.05) is 31.5 Å². The fourth-order valence-corrected chi connectivity index (χ4v) is 5.07. The van der Waals surface area contributed by atoms with Gasteiger partial charge < -0.3 is 0 Å². The largest absolute Gasteiger partial charge is 0.218 e. The summed E-state index contributed by atoms with van der Waals surface area (Å²) in [6.45, 7) is 5.91. The van der Waals surface area contributed by atoms with Gasteiger partial charge >= 0.3 is 0 Å². The summed E-state index contributed by atoms with van der Waals surface area (Å²) >= 11 is 2.89. The first kappa shape index (κ1) is 15.7. The number of sulfone groups is 1. The Hall–Kier alpha value is -0.390. The number of hydrogen-bond acceptors (Lipinski definition) is 4. The maximum atomic E-state index is 12.4. The Balaban J connectivity index is 3.12. The van der Waals surface area contributed by atoms with Gasteiger partial charge in [0.1, 0.15) is 4.24 Å². The van der Waals surface area contributed by atoms with Gasteiger partial charge in [-0.15, -0.1) is 23.5 Å². The minimum absolute atomic E-state index is 0.372. The van der Waals surface area contributed by atoms with Gasteiger partial charge in [0.05, 0.1) is 4.90 Å². The van der Waals surface area contributed by atoms with Crippen LogP contribution in [0.3, 0.4) is 0 Å². The maximum absolute atomic E-state index is 12.4. The van der Waals surface area contributed by atoms with E-state index in [1.54, 1.807) is 17.5 Å². The molecule has 0 radical (unpaired) electrons. The molecule has 0 unspecified atom stereocenters. The molecule has 0 saturated carbocycles. The predicted molar refractivity (Wildman–Crippen MR) is 82.7 cm³/mol. The van der Waals surface area contributed by atoms with E-state index in [4.69, 9.17) is 0 Å². The van der Waals surface area contributed by atoms with Crippen molar-refractivity contribution in [2.75, 3.05) is 11.5 Å². The zero-order valence-electron chi connectivity index (χ0n) is 10.8. The van der Waals surface area contributed by atoms with E-state index in [-0.39, 0.29) is 0 Å². The van der Waals surface area contributed by atoms with Gasteiger partial charge in [-0.2, -0.15) is 0 Å². The monoisotopic (exact) mass is 302 g/mol. The van der Waals surface area contributed by atoms with Gasteiger partial charge in [0, 0.05) is 0 Å². The second-order valence-corrected chi connectivity index (χ2v) is 8.27. The molecule has 0 aromatic heterocycles. The van der Waals surface area contributed by atoms with Crippen molar-refractivity contribution in [2.45, 2.75) is 25.7 Å². The van der Waals surface area contributed by atoms with Crippen molar-refractivity contribution in [3.63, 3.8) is 0 Å². The van der Waals surface area contributed by atoms with Crippen LogP contribution in [-0.4, -0.2) is 19.9 Å². The number of rotatable bonds is 6. The molecule has 1 aromatic carbocycles. The molecular weight excluding hydrogens is 284 g/mol. The molecule has 0 fully saturated rings. The molecule has 0 aliphatic carbocycles. The molecule has 0 bridgehead atoms. The highest BCUT2D eigenvalue weighted by atomic mass is 32.3. The molecule has 0 N–H and O–H groups in total. The predicted octanol–water partition coefficient (Wildman–Crippen LogP) is 4.07. The van der Waals surface area contributed by atoms with Gasteiger partial charge in [-0.25, -0.2) is 8.42 Å². The van der Waals surface area contributed by atoms with Crippen molar-refractivity contribution in [1.29, 1.82) is 0 Å². The lowest BCUT2D eigenvalue weighted by Crippen LogP contribution is -2.02. The van der Waals surface area contributed by atoms with E-state index in [1.807, 2.05) is 32.9 Å². The highest BCUT2D eigenvalue weighted by molar-refractivity contribution is 8.19. The van der Waals surface area contributed by atoms with E-state index in [9.17, 15) is 8.42 Å². The molecular formula is C13H18O2S3. The van der Waals surface area contributed by atoms with Gasteiger partial charge in [0.2, 0.25) is 9.84 Å². The molecule has 0 spiro atoms. The third-order valence-electron chi connectivity index (χ3n) is 2.23. The summed E-state index contributed by atoms with van der Waals surface area (Å²) in [6, 6.07) is 7.00. The normalized spacial score (nSPS) is 12.7. The van der Waals surface area contributed by atoms with Crippen LogP contribution in [0.15, 0.2) is 38.8 Å². The summed E-state index contributed by atoms with van der Waals surface area (Å²) in [4.78, 5) is 0.372. The van der Waals surface area contributed by atoms with Gasteiger partial charge in [-0.3, -0.25) is 0 Å². The molecule has 0 saturated heterocycles. The molecule has 5 heteroatoms. The van der Waals surface area contributed by atoms with Crippen LogP contribution in [0.4, 0.5) is 0 Å². The summed E-state index contributed by atoms with van der Waals surface area (Å²) in [5.41, 5.74) is 1.06. The first-order valence-corrected chi connectivity index (χ1v) is 9.30. The van der Waals surface area contributed by atoms with Gasteiger partial charge in [0.15, 0.2) is 0 Å². The molecule has 2 nitrogen and oxygen atoms in total. The van der Waals surface area contributed by atoms with Crippen LogP contribution in [0, 0.1) is 6.92 Å². The van der Waals surface area contributed by atoms with Crippen molar-refractivity contribution < 1.29 is 8.42 Å². The van der Waals surface area contributed by atoms with E-state index in [0.717, 1.165) is 17.1 Å². The van der Waals surface area contributed by atoms with Crippen molar-refractivity contribution in [3.8, 4) is 0 Å². The van der Waals surface area contributed by atoms with Crippen LogP contribution in [0.25, 0.3) is 0 Å². The number of benzene rings is 1. The van der Waals surface area contributed by atoms with Crippen molar-refractivity contribution in [1.82, 2.24) is 0 Å². The first-order chi connectivity index (χ1) is 8.52. The summed E-state index contributed by atoms with van der Waals surface area (Å²) < 4.78 is 25.3. The van der Waals surface area contributed by atoms with Crippen LogP contribution in [0.2, 0.25) is 0 Å². The van der Waals surface area contributed by atoms with E-state index in [0.29, 0.717) is 9.13 Å². The average Bonchev–Trinajstić information content (AvgIpc) is 2.35. The second kappa shape index (κ2) is 7.26. The Morgan fingerprint density at radius 2 is 1.78 bits per heavy atom. The lowest BCUT2D eigenvalue weighted by Gasteiger charge is -2.08. The van der Waals surface area contributed by atoms with E-state index in [1.165, 1.54) is 23.5 Å². The zero-order valence-corrected chi connectivity index (χ0v) is 13.3. The van der Waals surface area contributed by atoms with Gasteiger partial charge in [-0.05, 0) is 36.0 Å². The Bertz CT molecular complexity index is 502. The molecule has 0 heterocycles. The summed E-state index contributed by atoms with van der Waals surface area (Å²) in [5, 5.41) is 1.75. The van der Waals surface area contributed by atoms with Crippen molar-refractivity contribution in [2.24, 2.45) is 0 Å². The third-order valence-corrected chi connectivity index (χ3v) is 6.51. The van der Waals surface area contributed by atoms with Crippen LogP contribution in [-0.2, 0) is 9.84 Å². The Kier molecular flexibility index (Phi) is 6.32. The van der Waals surface area contributed by atoms with Crippen LogP contribution in [0.5, 0.6) is 0 Å². The fraction of sp³-hybridized carbons (Fsp3) is 0.385. The van der Waals surface area contributed by atoms with Crippen LogP contribution in [0.1, 0.15) is 19.4 Å². The Labute approximate surface area is 118 Å². The third kappa shape index (κ3) is 4.07. The SMILES string of the molecule is CCS/C=C(\SCC)S(=O)(=O)c1ccc(C)cc1. The average molecular weight is 302 g/mol. The van der Waals surface area contributed by atoms with Crippen molar-refractivity contribution in [3.05, 3.63) is 39.5 Å². The number of hydrogen-bond donors (Lipinski definition) is 0. The Morgan fingerprint density at radius 1 is 1.17 bits per heavy atom. The summed E-state index contributed by atoms with van der Waals surface area (Å²) in [5.74, 6) is 1.62. The maximum Gasteiger partial charge on any atom is 0.213 e. The molecule has 0 aliphatic rings. The molecule has 1 aromatic rings. The molecule has 1 rings (SSSR count). The molecule has 18 heavy (non-hydrogen) atoms. The molecule has 0 aliphatic heterocycles. The van der Waals surface area contributed by atoms with E-state index < -0.39 is 9.84 Å². The number of aryl methyl sites for hydroxylation is 1. The van der Waals surface area contributed by atoms with Crippen molar-refractivity contribution >= 4 is 33.4 Å². The van der Waals surface area contributed by atoms with Gasteiger partial charge in [0.25, 0.3) is 0 Å². The minimum Gasteiger partial charge on any atom is -0.218 e. The van der Waals surface area contributed by atoms with Crippen LogP contribution < -0.4 is 0 Å².